The minimum Gasteiger partial charge on any atom is -0.309 e. The molecule has 2 aromatic heterocycles. The molecule has 1 fully saturated rings. The Bertz CT molecular complexity index is 1090. The van der Waals surface area contributed by atoms with E-state index in [1.165, 1.54) is 10.7 Å². The molecule has 0 radical (unpaired) electrons. The van der Waals surface area contributed by atoms with Gasteiger partial charge in [0.2, 0.25) is 5.91 Å². The molecule has 2 heterocycles. The second-order valence-electron chi connectivity index (χ2n) is 7.92. The molecule has 1 aliphatic rings. The zero-order chi connectivity index (χ0) is 22.1. The van der Waals surface area contributed by atoms with Crippen molar-refractivity contribution in [1.82, 2.24) is 24.6 Å². The zero-order valence-corrected chi connectivity index (χ0v) is 18.4. The van der Waals surface area contributed by atoms with Crippen LogP contribution in [-0.2, 0) is 11.3 Å². The number of halogens is 2. The van der Waals surface area contributed by atoms with Gasteiger partial charge in [-0.2, -0.15) is 9.78 Å². The Morgan fingerprint density at radius 1 is 1.19 bits per heavy atom. The van der Waals surface area contributed by atoms with Crippen LogP contribution in [0.3, 0.4) is 0 Å². The second kappa shape index (κ2) is 8.72. The van der Waals surface area contributed by atoms with Crippen LogP contribution in [0, 0.1) is 26.6 Å². The fourth-order valence-corrected chi connectivity index (χ4v) is 3.77. The van der Waals surface area contributed by atoms with Crippen molar-refractivity contribution in [3.05, 3.63) is 63.8 Å². The fourth-order valence-electron chi connectivity index (χ4n) is 3.55. The van der Waals surface area contributed by atoms with E-state index in [9.17, 15) is 9.18 Å². The van der Waals surface area contributed by atoms with Crippen molar-refractivity contribution in [2.24, 2.45) is 0 Å². The third-order valence-electron chi connectivity index (χ3n) is 5.09. The second-order valence-corrected chi connectivity index (χ2v) is 8.33. The van der Waals surface area contributed by atoms with Crippen LogP contribution in [0.15, 0.2) is 30.3 Å². The number of carbonyl (C=O) groups is 1. The number of benzene rings is 1. The molecule has 162 valence electrons. The van der Waals surface area contributed by atoms with E-state index in [0.29, 0.717) is 22.4 Å². The molecule has 1 N–H and O–H groups in total. The molecule has 1 aliphatic carbocycles. The van der Waals surface area contributed by atoms with Gasteiger partial charge in [-0.1, -0.05) is 17.7 Å². The normalized spacial score (nSPS) is 13.6. The number of nitrogens with zero attached hydrogens (tertiary/aromatic N) is 5. The first kappa shape index (κ1) is 21.4. The van der Waals surface area contributed by atoms with E-state index in [1.807, 2.05) is 31.7 Å². The van der Waals surface area contributed by atoms with Gasteiger partial charge < -0.3 is 5.32 Å². The van der Waals surface area contributed by atoms with Crippen molar-refractivity contribution in [2.75, 3.05) is 11.9 Å². The van der Waals surface area contributed by atoms with Crippen molar-refractivity contribution in [1.29, 1.82) is 0 Å². The summed E-state index contributed by atoms with van der Waals surface area (Å²) < 4.78 is 15.8. The molecule has 1 amide bonds. The molecule has 0 saturated heterocycles. The molecule has 3 aromatic rings. The number of anilines is 1. The molecular formula is C22H24ClFN6O. The molecule has 4 rings (SSSR count). The highest BCUT2D eigenvalue weighted by atomic mass is 35.5. The minimum atomic E-state index is -0.362. The predicted octanol–water partition coefficient (Wildman–Crippen LogP) is 3.98. The standard InChI is InChI=1S/C22H24ClFN6O/c1-13-9-14(2)26-22(25-13)30-20(10-15(3)28-30)27-21(31)12-29(16-7-8-16)11-17-18(23)5-4-6-19(17)24/h4-6,9-10,16H,7-8,11-12H2,1-3H3,(H,27,31). The maximum absolute atomic E-state index is 14.3. The monoisotopic (exact) mass is 442 g/mol. The molecule has 0 spiro atoms. The van der Waals surface area contributed by atoms with E-state index in [4.69, 9.17) is 11.6 Å². The number of nitrogens with one attached hydrogen (secondary N) is 1. The Kier molecular flexibility index (Phi) is 6.02. The molecule has 0 atom stereocenters. The topological polar surface area (TPSA) is 75.9 Å². The molecule has 0 unspecified atom stereocenters. The quantitative estimate of drug-likeness (QED) is 0.599. The lowest BCUT2D eigenvalue weighted by Gasteiger charge is -2.22. The van der Waals surface area contributed by atoms with Crippen molar-refractivity contribution in [3.63, 3.8) is 0 Å². The summed E-state index contributed by atoms with van der Waals surface area (Å²) in [5.74, 6) is 0.314. The first-order chi connectivity index (χ1) is 14.8. The Labute approximate surface area is 185 Å². The van der Waals surface area contributed by atoms with Gasteiger partial charge in [-0.05, 0) is 51.8 Å². The number of rotatable bonds is 7. The Morgan fingerprint density at radius 3 is 2.55 bits per heavy atom. The molecular weight excluding hydrogens is 419 g/mol. The molecule has 1 aromatic carbocycles. The Hall–Kier alpha value is -2.84. The summed E-state index contributed by atoms with van der Waals surface area (Å²) in [5.41, 5.74) is 2.77. The molecule has 0 bridgehead atoms. The highest BCUT2D eigenvalue weighted by molar-refractivity contribution is 6.31. The third kappa shape index (κ3) is 5.08. The molecule has 1 saturated carbocycles. The fraction of sp³-hybridized carbons (Fsp3) is 0.364. The maximum Gasteiger partial charge on any atom is 0.252 e. The Morgan fingerprint density at radius 2 is 1.90 bits per heavy atom. The van der Waals surface area contributed by atoms with Crippen molar-refractivity contribution in [2.45, 2.75) is 46.2 Å². The summed E-state index contributed by atoms with van der Waals surface area (Å²) in [6.45, 7) is 6.00. The summed E-state index contributed by atoms with van der Waals surface area (Å²) >= 11 is 6.19. The highest BCUT2D eigenvalue weighted by Crippen LogP contribution is 2.30. The van der Waals surface area contributed by atoms with Gasteiger partial charge in [0.25, 0.3) is 5.95 Å². The number of aromatic nitrogens is 4. The number of amides is 1. The largest absolute Gasteiger partial charge is 0.309 e. The summed E-state index contributed by atoms with van der Waals surface area (Å²) in [6.07, 6.45) is 1.96. The van der Waals surface area contributed by atoms with Gasteiger partial charge >= 0.3 is 0 Å². The minimum absolute atomic E-state index is 0.118. The van der Waals surface area contributed by atoms with E-state index in [2.05, 4.69) is 20.4 Å². The SMILES string of the molecule is Cc1cc(C)nc(-n2nc(C)cc2NC(=O)CN(Cc2c(F)cccc2Cl)C2CC2)n1. The summed E-state index contributed by atoms with van der Waals surface area (Å²) in [6, 6.07) is 8.52. The van der Waals surface area contributed by atoms with Crippen LogP contribution in [0.5, 0.6) is 0 Å². The van der Waals surface area contributed by atoms with Gasteiger partial charge in [0.05, 0.1) is 12.2 Å². The van der Waals surface area contributed by atoms with Gasteiger partial charge in [-0.15, -0.1) is 0 Å². The van der Waals surface area contributed by atoms with Gasteiger partial charge in [0, 0.05) is 40.6 Å². The van der Waals surface area contributed by atoms with Crippen molar-refractivity contribution < 1.29 is 9.18 Å². The lowest BCUT2D eigenvalue weighted by Crippen LogP contribution is -2.35. The van der Waals surface area contributed by atoms with Crippen LogP contribution in [0.25, 0.3) is 5.95 Å². The summed E-state index contributed by atoms with van der Waals surface area (Å²) in [7, 11) is 0. The first-order valence-corrected chi connectivity index (χ1v) is 10.5. The highest BCUT2D eigenvalue weighted by Gasteiger charge is 2.31. The van der Waals surface area contributed by atoms with E-state index in [0.717, 1.165) is 29.9 Å². The van der Waals surface area contributed by atoms with Gasteiger partial charge in [0.15, 0.2) is 0 Å². The van der Waals surface area contributed by atoms with Crippen LogP contribution in [0.1, 0.15) is 35.5 Å². The van der Waals surface area contributed by atoms with Crippen LogP contribution in [0.2, 0.25) is 5.02 Å². The van der Waals surface area contributed by atoms with Crippen LogP contribution in [-0.4, -0.2) is 43.1 Å². The van der Waals surface area contributed by atoms with Crippen molar-refractivity contribution in [3.8, 4) is 5.95 Å². The Balaban J connectivity index is 1.52. The van der Waals surface area contributed by atoms with Gasteiger partial charge in [-0.25, -0.2) is 14.4 Å². The van der Waals surface area contributed by atoms with Gasteiger partial charge in [0.1, 0.15) is 11.6 Å². The number of aryl methyl sites for hydroxylation is 3. The average Bonchev–Trinajstić information content (AvgIpc) is 3.46. The summed E-state index contributed by atoms with van der Waals surface area (Å²) in [5, 5.41) is 7.71. The number of carbonyl (C=O) groups excluding carboxylic acids is 1. The number of hydrogen-bond acceptors (Lipinski definition) is 5. The lowest BCUT2D eigenvalue weighted by atomic mass is 10.2. The lowest BCUT2D eigenvalue weighted by molar-refractivity contribution is -0.117. The van der Waals surface area contributed by atoms with Crippen LogP contribution < -0.4 is 5.32 Å². The van der Waals surface area contributed by atoms with E-state index in [-0.39, 0.29) is 30.9 Å². The van der Waals surface area contributed by atoms with E-state index >= 15 is 0 Å². The van der Waals surface area contributed by atoms with Crippen molar-refractivity contribution >= 4 is 23.3 Å². The maximum atomic E-state index is 14.3. The average molecular weight is 443 g/mol. The summed E-state index contributed by atoms with van der Waals surface area (Å²) in [4.78, 5) is 23.7. The predicted molar refractivity (Wildman–Crippen MR) is 117 cm³/mol. The van der Waals surface area contributed by atoms with Crippen LogP contribution in [0.4, 0.5) is 10.2 Å². The molecule has 0 aliphatic heterocycles. The first-order valence-electron chi connectivity index (χ1n) is 10.2. The van der Waals surface area contributed by atoms with E-state index < -0.39 is 0 Å². The molecule has 9 heteroatoms. The van der Waals surface area contributed by atoms with Gasteiger partial charge in [-0.3, -0.25) is 9.69 Å². The zero-order valence-electron chi connectivity index (χ0n) is 17.7. The van der Waals surface area contributed by atoms with Crippen LogP contribution >= 0.6 is 11.6 Å². The number of hydrogen-bond donors (Lipinski definition) is 1. The smallest absolute Gasteiger partial charge is 0.252 e. The molecule has 7 nitrogen and oxygen atoms in total. The third-order valence-corrected chi connectivity index (χ3v) is 5.45. The molecule has 31 heavy (non-hydrogen) atoms. The van der Waals surface area contributed by atoms with E-state index in [1.54, 1.807) is 18.2 Å².